The van der Waals surface area contributed by atoms with Crippen LogP contribution in [0.4, 0.5) is 0 Å². The van der Waals surface area contributed by atoms with Crippen LogP contribution in [0.25, 0.3) is 0 Å². The zero-order chi connectivity index (χ0) is 11.4. The molecule has 0 amide bonds. The van der Waals surface area contributed by atoms with E-state index in [1.807, 2.05) is 19.9 Å². The second-order valence-corrected chi connectivity index (χ2v) is 3.48. The van der Waals surface area contributed by atoms with Crippen molar-refractivity contribution < 1.29 is 14.7 Å². The Bertz CT molecular complexity index is 350. The number of aromatic hydroxyl groups is 1. The van der Waals surface area contributed by atoms with Gasteiger partial charge in [-0.25, -0.2) is 5.90 Å². The summed E-state index contributed by atoms with van der Waals surface area (Å²) in [5.41, 5.74) is 2.77. The van der Waals surface area contributed by atoms with Crippen LogP contribution >= 0.6 is 0 Å². The van der Waals surface area contributed by atoms with Gasteiger partial charge >= 0.3 is 0 Å². The lowest BCUT2D eigenvalue weighted by Gasteiger charge is -2.14. The topological polar surface area (TPSA) is 64.7 Å². The van der Waals surface area contributed by atoms with E-state index in [0.717, 1.165) is 16.7 Å². The lowest BCUT2D eigenvalue weighted by atomic mass is 10.0. The molecule has 0 atom stereocenters. The Labute approximate surface area is 89.6 Å². The molecular formula is C11H17NO3. The average Bonchev–Trinajstić information content (AvgIpc) is 2.23. The van der Waals surface area contributed by atoms with Crippen LogP contribution < -0.4 is 10.6 Å². The minimum Gasteiger partial charge on any atom is -0.504 e. The predicted molar refractivity (Wildman–Crippen MR) is 58.0 cm³/mol. The number of rotatable bonds is 4. The standard InChI is InChI=1S/C11H17NO3/c1-7-6-9(4-5-15-12)11(14-3)10(13)8(7)2/h6,13H,4-5,12H2,1-3H3. The molecule has 0 saturated heterocycles. The molecule has 1 aromatic rings. The van der Waals surface area contributed by atoms with Crippen LogP contribution in [0.1, 0.15) is 16.7 Å². The zero-order valence-electron chi connectivity index (χ0n) is 9.33. The molecule has 0 unspecified atom stereocenters. The summed E-state index contributed by atoms with van der Waals surface area (Å²) in [6, 6.07) is 1.98. The molecule has 0 aliphatic rings. The lowest BCUT2D eigenvalue weighted by Crippen LogP contribution is -2.05. The first-order valence-corrected chi connectivity index (χ1v) is 4.79. The van der Waals surface area contributed by atoms with Gasteiger partial charge in [-0.3, -0.25) is 0 Å². The Morgan fingerprint density at radius 3 is 2.60 bits per heavy atom. The van der Waals surface area contributed by atoms with Gasteiger partial charge in [0.15, 0.2) is 11.5 Å². The molecule has 0 radical (unpaired) electrons. The fraction of sp³-hybridized carbons (Fsp3) is 0.455. The Hall–Kier alpha value is -1.26. The molecule has 1 aromatic carbocycles. The maximum Gasteiger partial charge on any atom is 0.164 e. The summed E-state index contributed by atoms with van der Waals surface area (Å²) in [6.45, 7) is 4.20. The van der Waals surface area contributed by atoms with Crippen molar-refractivity contribution in [3.05, 3.63) is 22.8 Å². The Balaban J connectivity index is 3.13. The third-order valence-corrected chi connectivity index (χ3v) is 2.54. The monoisotopic (exact) mass is 211 g/mol. The van der Waals surface area contributed by atoms with Crippen molar-refractivity contribution >= 4 is 0 Å². The van der Waals surface area contributed by atoms with E-state index in [9.17, 15) is 5.11 Å². The third-order valence-electron chi connectivity index (χ3n) is 2.54. The SMILES string of the molecule is COc1c(CCON)cc(C)c(C)c1O. The number of ether oxygens (including phenoxy) is 1. The number of hydrogen-bond acceptors (Lipinski definition) is 4. The van der Waals surface area contributed by atoms with Gasteiger partial charge < -0.3 is 14.7 Å². The quantitative estimate of drug-likeness (QED) is 0.740. The molecule has 0 spiro atoms. The Morgan fingerprint density at radius 2 is 2.07 bits per heavy atom. The van der Waals surface area contributed by atoms with Crippen LogP contribution in [-0.4, -0.2) is 18.8 Å². The molecule has 0 bridgehead atoms. The van der Waals surface area contributed by atoms with Gasteiger partial charge in [-0.2, -0.15) is 0 Å². The zero-order valence-corrected chi connectivity index (χ0v) is 9.33. The molecule has 1 rings (SSSR count). The number of nitrogens with two attached hydrogens (primary N) is 1. The number of phenolic OH excluding ortho intramolecular Hbond substituents is 1. The first-order valence-electron chi connectivity index (χ1n) is 4.79. The van der Waals surface area contributed by atoms with Crippen LogP contribution in [0.3, 0.4) is 0 Å². The van der Waals surface area contributed by atoms with E-state index >= 15 is 0 Å². The van der Waals surface area contributed by atoms with Crippen molar-refractivity contribution in [3.63, 3.8) is 0 Å². The highest BCUT2D eigenvalue weighted by atomic mass is 16.6. The van der Waals surface area contributed by atoms with Crippen molar-refractivity contribution in [3.8, 4) is 11.5 Å². The molecular weight excluding hydrogens is 194 g/mol. The van der Waals surface area contributed by atoms with Gasteiger partial charge in [-0.1, -0.05) is 6.07 Å². The molecule has 0 aromatic heterocycles. The molecule has 0 aliphatic carbocycles. The van der Waals surface area contributed by atoms with Crippen molar-refractivity contribution in [1.29, 1.82) is 0 Å². The molecule has 15 heavy (non-hydrogen) atoms. The number of methoxy groups -OCH3 is 1. The van der Waals surface area contributed by atoms with E-state index in [0.29, 0.717) is 18.8 Å². The number of hydrogen-bond donors (Lipinski definition) is 2. The Kier molecular flexibility index (Phi) is 3.94. The lowest BCUT2D eigenvalue weighted by molar-refractivity contribution is 0.140. The van der Waals surface area contributed by atoms with Crippen LogP contribution in [-0.2, 0) is 11.3 Å². The number of phenols is 1. The average molecular weight is 211 g/mol. The molecule has 4 nitrogen and oxygen atoms in total. The van der Waals surface area contributed by atoms with Crippen LogP contribution in [0.5, 0.6) is 11.5 Å². The van der Waals surface area contributed by atoms with E-state index < -0.39 is 0 Å². The molecule has 0 aliphatic heterocycles. The van der Waals surface area contributed by atoms with Crippen LogP contribution in [0, 0.1) is 13.8 Å². The van der Waals surface area contributed by atoms with E-state index in [-0.39, 0.29) is 5.75 Å². The first kappa shape index (κ1) is 11.8. The fourth-order valence-electron chi connectivity index (χ4n) is 1.53. The summed E-state index contributed by atoms with van der Waals surface area (Å²) >= 11 is 0. The summed E-state index contributed by atoms with van der Waals surface area (Å²) in [4.78, 5) is 4.52. The normalized spacial score (nSPS) is 10.4. The van der Waals surface area contributed by atoms with E-state index in [2.05, 4.69) is 4.84 Å². The second kappa shape index (κ2) is 5.00. The minimum atomic E-state index is 0.199. The minimum absolute atomic E-state index is 0.199. The van der Waals surface area contributed by atoms with Gasteiger partial charge in [0, 0.05) is 12.0 Å². The summed E-state index contributed by atoms with van der Waals surface area (Å²) in [7, 11) is 1.54. The maximum absolute atomic E-state index is 9.86. The first-order chi connectivity index (χ1) is 7.11. The van der Waals surface area contributed by atoms with Gasteiger partial charge in [0.2, 0.25) is 0 Å². The van der Waals surface area contributed by atoms with Gasteiger partial charge in [0.05, 0.1) is 13.7 Å². The molecule has 3 N–H and O–H groups in total. The number of benzene rings is 1. The van der Waals surface area contributed by atoms with Crippen molar-refractivity contribution in [2.45, 2.75) is 20.3 Å². The highest BCUT2D eigenvalue weighted by Crippen LogP contribution is 2.35. The van der Waals surface area contributed by atoms with Crippen molar-refractivity contribution in [1.82, 2.24) is 0 Å². The Morgan fingerprint density at radius 1 is 1.40 bits per heavy atom. The molecule has 84 valence electrons. The summed E-state index contributed by atoms with van der Waals surface area (Å²) in [5.74, 6) is 5.68. The highest BCUT2D eigenvalue weighted by molar-refractivity contribution is 5.54. The largest absolute Gasteiger partial charge is 0.504 e. The summed E-state index contributed by atoms with van der Waals surface area (Å²) < 4.78 is 5.16. The van der Waals surface area contributed by atoms with Crippen LogP contribution in [0.15, 0.2) is 6.07 Å². The van der Waals surface area contributed by atoms with E-state index in [1.165, 1.54) is 7.11 Å². The predicted octanol–water partition coefficient (Wildman–Crippen LogP) is 1.45. The fourth-order valence-corrected chi connectivity index (χ4v) is 1.53. The van der Waals surface area contributed by atoms with Gasteiger partial charge in [-0.05, 0) is 25.0 Å². The smallest absolute Gasteiger partial charge is 0.164 e. The van der Waals surface area contributed by atoms with E-state index in [1.54, 1.807) is 0 Å². The van der Waals surface area contributed by atoms with Crippen LogP contribution in [0.2, 0.25) is 0 Å². The van der Waals surface area contributed by atoms with Gasteiger partial charge in [0.25, 0.3) is 0 Å². The summed E-state index contributed by atoms with van der Waals surface area (Å²) in [6.07, 6.45) is 0.619. The second-order valence-electron chi connectivity index (χ2n) is 3.48. The van der Waals surface area contributed by atoms with Crippen molar-refractivity contribution in [2.75, 3.05) is 13.7 Å². The maximum atomic E-state index is 9.86. The summed E-state index contributed by atoms with van der Waals surface area (Å²) in [5, 5.41) is 9.86. The van der Waals surface area contributed by atoms with Crippen molar-refractivity contribution in [2.24, 2.45) is 5.90 Å². The molecule has 0 heterocycles. The highest BCUT2D eigenvalue weighted by Gasteiger charge is 2.13. The molecule has 4 heteroatoms. The third kappa shape index (κ3) is 2.40. The van der Waals surface area contributed by atoms with Gasteiger partial charge in [-0.15, -0.1) is 0 Å². The van der Waals surface area contributed by atoms with Gasteiger partial charge in [0.1, 0.15) is 0 Å². The molecule has 0 saturated carbocycles. The molecule has 0 fully saturated rings. The number of aryl methyl sites for hydroxylation is 1. The van der Waals surface area contributed by atoms with E-state index in [4.69, 9.17) is 10.6 Å².